The molecule has 4 N–H and O–H groups in total. The van der Waals surface area contributed by atoms with E-state index in [-0.39, 0.29) is 17.8 Å². The van der Waals surface area contributed by atoms with Crippen LogP contribution in [0.3, 0.4) is 0 Å². The number of oxime groups is 1. The van der Waals surface area contributed by atoms with Gasteiger partial charge in [-0.25, -0.2) is 4.98 Å². The molecule has 1 heterocycles. The fourth-order valence-corrected chi connectivity index (χ4v) is 2.02. The van der Waals surface area contributed by atoms with Crippen molar-refractivity contribution in [3.05, 3.63) is 16.1 Å². The van der Waals surface area contributed by atoms with Crippen molar-refractivity contribution in [2.24, 2.45) is 16.8 Å². The smallest absolute Gasteiger partial charge is 0.143 e. The molecule has 0 fully saturated rings. The van der Waals surface area contributed by atoms with E-state index in [2.05, 4.69) is 22.4 Å². The Hall–Kier alpha value is -1.14. The number of nitrogens with two attached hydrogens (primary N) is 1. The Kier molecular flexibility index (Phi) is 4.70. The van der Waals surface area contributed by atoms with Crippen LogP contribution in [0.2, 0.25) is 0 Å². The van der Waals surface area contributed by atoms with Gasteiger partial charge in [0.15, 0.2) is 0 Å². The molecule has 1 aromatic rings. The zero-order chi connectivity index (χ0) is 12.1. The number of aromatic nitrogens is 1. The number of aryl methyl sites for hydroxylation is 1. The second kappa shape index (κ2) is 5.81. The van der Waals surface area contributed by atoms with E-state index in [0.717, 1.165) is 5.01 Å². The van der Waals surface area contributed by atoms with E-state index in [1.165, 1.54) is 4.88 Å². The van der Waals surface area contributed by atoms with Crippen molar-refractivity contribution >= 4 is 17.2 Å². The summed E-state index contributed by atoms with van der Waals surface area (Å²) in [5, 5.41) is 15.9. The molecule has 16 heavy (non-hydrogen) atoms. The summed E-state index contributed by atoms with van der Waals surface area (Å²) in [4.78, 5) is 5.51. The topological polar surface area (TPSA) is 83.5 Å². The SMILES string of the molecule is Cc1cnc(C(C)NCC(C)/C(N)=N/O)s1. The molecule has 90 valence electrons. The van der Waals surface area contributed by atoms with Crippen LogP contribution in [0.1, 0.15) is 29.8 Å². The Morgan fingerprint density at radius 1 is 1.69 bits per heavy atom. The maximum atomic E-state index is 8.52. The number of thiazole rings is 1. The third-order valence-electron chi connectivity index (χ3n) is 2.36. The molecule has 1 rings (SSSR count). The Morgan fingerprint density at radius 3 is 2.88 bits per heavy atom. The van der Waals surface area contributed by atoms with Crippen LogP contribution in [0, 0.1) is 12.8 Å². The van der Waals surface area contributed by atoms with Gasteiger partial charge >= 0.3 is 0 Å². The van der Waals surface area contributed by atoms with Crippen LogP contribution in [0.5, 0.6) is 0 Å². The van der Waals surface area contributed by atoms with Crippen LogP contribution in [0.25, 0.3) is 0 Å². The van der Waals surface area contributed by atoms with Crippen LogP contribution in [0.15, 0.2) is 11.4 Å². The van der Waals surface area contributed by atoms with Crippen molar-refractivity contribution < 1.29 is 5.21 Å². The van der Waals surface area contributed by atoms with Crippen LogP contribution >= 0.6 is 11.3 Å². The molecule has 0 aliphatic carbocycles. The molecule has 1 aromatic heterocycles. The molecular weight excluding hydrogens is 224 g/mol. The standard InChI is InChI=1S/C10H18N4OS/c1-6(9(11)14-15)4-12-8(3)10-13-5-7(2)16-10/h5-6,8,12,15H,4H2,1-3H3,(H2,11,14). The largest absolute Gasteiger partial charge is 0.409 e. The van der Waals surface area contributed by atoms with Crippen LogP contribution in [-0.4, -0.2) is 22.6 Å². The predicted octanol–water partition coefficient (Wildman–Crippen LogP) is 1.48. The van der Waals surface area contributed by atoms with Crippen LogP contribution < -0.4 is 11.1 Å². The van der Waals surface area contributed by atoms with Gasteiger partial charge in [-0.1, -0.05) is 12.1 Å². The minimum atomic E-state index is 0.00788. The summed E-state index contributed by atoms with van der Waals surface area (Å²) in [5.74, 6) is 0.253. The van der Waals surface area contributed by atoms with Gasteiger partial charge in [0, 0.05) is 23.5 Å². The molecule has 0 saturated carbocycles. The maximum absolute atomic E-state index is 8.52. The highest BCUT2D eigenvalue weighted by Crippen LogP contribution is 2.18. The van der Waals surface area contributed by atoms with Crippen LogP contribution in [-0.2, 0) is 0 Å². The summed E-state index contributed by atoms with van der Waals surface area (Å²) >= 11 is 1.68. The first-order valence-electron chi connectivity index (χ1n) is 5.17. The number of hydrogen-bond donors (Lipinski definition) is 3. The predicted molar refractivity (Wildman–Crippen MR) is 65.8 cm³/mol. The fourth-order valence-electron chi connectivity index (χ4n) is 1.22. The molecule has 0 amide bonds. The van der Waals surface area contributed by atoms with E-state index in [9.17, 15) is 0 Å². The quantitative estimate of drug-likeness (QED) is 0.316. The zero-order valence-electron chi connectivity index (χ0n) is 9.77. The Bertz CT molecular complexity index is 363. The van der Waals surface area contributed by atoms with Gasteiger partial charge in [0.05, 0.1) is 6.04 Å². The maximum Gasteiger partial charge on any atom is 0.143 e. The lowest BCUT2D eigenvalue weighted by Crippen LogP contribution is -2.32. The first-order valence-corrected chi connectivity index (χ1v) is 5.99. The first kappa shape index (κ1) is 12.9. The summed E-state index contributed by atoms with van der Waals surface area (Å²) in [6.07, 6.45) is 1.87. The minimum absolute atomic E-state index is 0.00788. The average Bonchev–Trinajstić information content (AvgIpc) is 2.71. The summed E-state index contributed by atoms with van der Waals surface area (Å²) < 4.78 is 0. The van der Waals surface area contributed by atoms with Gasteiger partial charge in [0.25, 0.3) is 0 Å². The molecule has 2 unspecified atom stereocenters. The van der Waals surface area contributed by atoms with Gasteiger partial charge in [-0.2, -0.15) is 0 Å². The number of amidine groups is 1. The van der Waals surface area contributed by atoms with Gasteiger partial charge in [-0.15, -0.1) is 11.3 Å². The van der Waals surface area contributed by atoms with Gasteiger partial charge < -0.3 is 16.3 Å². The average molecular weight is 242 g/mol. The van der Waals surface area contributed by atoms with Gasteiger partial charge in [-0.3, -0.25) is 0 Å². The van der Waals surface area contributed by atoms with Crippen molar-refractivity contribution in [1.82, 2.24) is 10.3 Å². The molecule has 0 radical (unpaired) electrons. The highest BCUT2D eigenvalue weighted by Gasteiger charge is 2.12. The van der Waals surface area contributed by atoms with Crippen molar-refractivity contribution in [3.8, 4) is 0 Å². The Balaban J connectivity index is 2.44. The lowest BCUT2D eigenvalue weighted by molar-refractivity contribution is 0.313. The van der Waals surface area contributed by atoms with E-state index in [0.29, 0.717) is 6.54 Å². The first-order chi connectivity index (χ1) is 7.54. The lowest BCUT2D eigenvalue weighted by Gasteiger charge is -2.15. The second-order valence-electron chi connectivity index (χ2n) is 3.86. The van der Waals surface area contributed by atoms with E-state index in [1.54, 1.807) is 11.3 Å². The molecule has 5 nitrogen and oxygen atoms in total. The molecular formula is C10H18N4OS. The summed E-state index contributed by atoms with van der Waals surface area (Å²) in [7, 11) is 0. The molecule has 0 saturated heterocycles. The molecule has 2 atom stereocenters. The highest BCUT2D eigenvalue weighted by atomic mass is 32.1. The Labute approximate surface area is 99.4 Å². The fraction of sp³-hybridized carbons (Fsp3) is 0.600. The number of nitrogens with one attached hydrogen (secondary N) is 1. The van der Waals surface area contributed by atoms with E-state index in [1.807, 2.05) is 20.0 Å². The number of rotatable bonds is 5. The highest BCUT2D eigenvalue weighted by molar-refractivity contribution is 7.11. The zero-order valence-corrected chi connectivity index (χ0v) is 10.6. The third-order valence-corrected chi connectivity index (χ3v) is 3.46. The second-order valence-corrected chi connectivity index (χ2v) is 5.13. The van der Waals surface area contributed by atoms with E-state index in [4.69, 9.17) is 10.9 Å². The molecule has 0 aliphatic rings. The number of nitrogens with zero attached hydrogens (tertiary/aromatic N) is 2. The molecule has 0 aliphatic heterocycles. The summed E-state index contributed by atoms with van der Waals surface area (Å²) in [6, 6.07) is 0.188. The number of hydrogen-bond acceptors (Lipinski definition) is 5. The summed E-state index contributed by atoms with van der Waals surface area (Å²) in [5.41, 5.74) is 5.49. The van der Waals surface area contributed by atoms with Crippen molar-refractivity contribution in [3.63, 3.8) is 0 Å². The Morgan fingerprint density at radius 2 is 2.38 bits per heavy atom. The lowest BCUT2D eigenvalue weighted by atomic mass is 10.1. The summed E-state index contributed by atoms with van der Waals surface area (Å²) in [6.45, 7) is 6.65. The monoisotopic (exact) mass is 242 g/mol. The molecule has 0 aromatic carbocycles. The molecule has 6 heteroatoms. The van der Waals surface area contributed by atoms with Crippen molar-refractivity contribution in [2.45, 2.75) is 26.8 Å². The minimum Gasteiger partial charge on any atom is -0.409 e. The van der Waals surface area contributed by atoms with E-state index >= 15 is 0 Å². The van der Waals surface area contributed by atoms with E-state index < -0.39 is 0 Å². The van der Waals surface area contributed by atoms with Crippen LogP contribution in [0.4, 0.5) is 0 Å². The van der Waals surface area contributed by atoms with Gasteiger partial charge in [0.2, 0.25) is 0 Å². The van der Waals surface area contributed by atoms with Crippen molar-refractivity contribution in [2.75, 3.05) is 6.54 Å². The van der Waals surface area contributed by atoms with Gasteiger partial charge in [0.1, 0.15) is 10.8 Å². The molecule has 0 spiro atoms. The van der Waals surface area contributed by atoms with Gasteiger partial charge in [-0.05, 0) is 13.8 Å². The van der Waals surface area contributed by atoms with Crippen molar-refractivity contribution in [1.29, 1.82) is 0 Å². The molecule has 0 bridgehead atoms. The third kappa shape index (κ3) is 3.46. The normalized spacial score (nSPS) is 16.1.